The number of ether oxygens (including phenoxy) is 1. The number of carbonyl (C=O) groups excluding carboxylic acids is 3. The number of nitrogens with one attached hydrogen (secondary N) is 1. The molecule has 6 heteroatoms. The molecule has 6 rings (SSSR count). The van der Waals surface area contributed by atoms with Crippen molar-refractivity contribution in [1.29, 1.82) is 0 Å². The molecule has 0 aromatic heterocycles. The standard InChI is InChI=1S/C37H38N2O4/c1-36(2)19-27-33(29(40)21-36)32(26-17-11-12-18-31(26)43-23-24-13-7-5-8-14-24)34-28(20-37(3,4)22-30(34)41)39(27)38-35(42)25-15-9-6-10-16-25/h5-18,32H,19-23H2,1-4H3,(H,38,42). The van der Waals surface area contributed by atoms with Gasteiger partial charge >= 0.3 is 0 Å². The molecule has 0 saturated carbocycles. The Labute approximate surface area is 253 Å². The van der Waals surface area contributed by atoms with Gasteiger partial charge in [-0.3, -0.25) is 24.8 Å². The predicted molar refractivity (Wildman–Crippen MR) is 166 cm³/mol. The first-order chi connectivity index (χ1) is 20.5. The molecule has 0 saturated heterocycles. The molecule has 0 unspecified atom stereocenters. The van der Waals surface area contributed by atoms with Crippen molar-refractivity contribution in [3.05, 3.63) is 124 Å². The van der Waals surface area contributed by atoms with E-state index in [0.717, 1.165) is 22.5 Å². The SMILES string of the molecule is CC1(C)CC(=O)C2=C(C1)N(NC(=O)c1ccccc1)C1=C(C(=O)CC(C)(C)C1)C2c1ccccc1OCc1ccccc1. The van der Waals surface area contributed by atoms with E-state index in [2.05, 4.69) is 33.1 Å². The molecule has 0 radical (unpaired) electrons. The van der Waals surface area contributed by atoms with E-state index >= 15 is 0 Å². The van der Waals surface area contributed by atoms with E-state index in [4.69, 9.17) is 4.74 Å². The van der Waals surface area contributed by atoms with Crippen LogP contribution in [0.4, 0.5) is 0 Å². The van der Waals surface area contributed by atoms with Crippen molar-refractivity contribution in [3.8, 4) is 5.75 Å². The molecule has 2 aliphatic carbocycles. The van der Waals surface area contributed by atoms with Gasteiger partial charge in [0.1, 0.15) is 12.4 Å². The first kappa shape index (κ1) is 28.7. The number of Topliss-reactive ketones (excluding diaryl/α,β-unsaturated/α-hetero) is 2. The highest BCUT2D eigenvalue weighted by Gasteiger charge is 2.50. The first-order valence-electron chi connectivity index (χ1n) is 15.0. The maximum atomic E-state index is 14.2. The fourth-order valence-corrected chi connectivity index (χ4v) is 6.75. The molecule has 0 spiro atoms. The van der Waals surface area contributed by atoms with Crippen LogP contribution in [0, 0.1) is 10.8 Å². The second kappa shape index (κ2) is 11.0. The van der Waals surface area contributed by atoms with Crippen LogP contribution in [0.2, 0.25) is 0 Å². The number of nitrogens with zero attached hydrogens (tertiary/aromatic N) is 1. The smallest absolute Gasteiger partial charge is 0.270 e. The van der Waals surface area contributed by atoms with Gasteiger partial charge in [-0.25, -0.2) is 0 Å². The van der Waals surface area contributed by atoms with Crippen molar-refractivity contribution in [2.75, 3.05) is 0 Å². The number of hydrogen-bond donors (Lipinski definition) is 1. The summed E-state index contributed by atoms with van der Waals surface area (Å²) in [5.74, 6) is -0.216. The molecule has 6 nitrogen and oxygen atoms in total. The Hall–Kier alpha value is -4.45. The summed E-state index contributed by atoms with van der Waals surface area (Å²) >= 11 is 0. The number of carbonyl (C=O) groups is 3. The van der Waals surface area contributed by atoms with Crippen molar-refractivity contribution >= 4 is 17.5 Å². The Morgan fingerprint density at radius 2 is 1.26 bits per heavy atom. The zero-order valence-corrected chi connectivity index (χ0v) is 25.3. The van der Waals surface area contributed by atoms with Gasteiger partial charge in [0.25, 0.3) is 5.91 Å². The van der Waals surface area contributed by atoms with Gasteiger partial charge in [-0.05, 0) is 47.4 Å². The number of para-hydroxylation sites is 1. The lowest BCUT2D eigenvalue weighted by atomic mass is 9.64. The third-order valence-electron chi connectivity index (χ3n) is 8.63. The van der Waals surface area contributed by atoms with Gasteiger partial charge in [0.05, 0.1) is 0 Å². The average molecular weight is 575 g/mol. The molecule has 1 heterocycles. The lowest BCUT2D eigenvalue weighted by molar-refractivity contribution is -0.119. The summed E-state index contributed by atoms with van der Waals surface area (Å²) in [6.07, 6.45) is 1.88. The van der Waals surface area contributed by atoms with Crippen molar-refractivity contribution in [1.82, 2.24) is 10.4 Å². The van der Waals surface area contributed by atoms with E-state index in [1.807, 2.05) is 72.8 Å². The molecule has 1 aliphatic heterocycles. The monoisotopic (exact) mass is 574 g/mol. The quantitative estimate of drug-likeness (QED) is 0.334. The Morgan fingerprint density at radius 1 is 0.744 bits per heavy atom. The van der Waals surface area contributed by atoms with E-state index in [0.29, 0.717) is 54.7 Å². The highest BCUT2D eigenvalue weighted by atomic mass is 16.5. The fraction of sp³-hybridized carbons (Fsp3) is 0.324. The van der Waals surface area contributed by atoms with Gasteiger partial charge in [-0.1, -0.05) is 94.4 Å². The number of benzene rings is 3. The number of rotatable bonds is 6. The van der Waals surface area contributed by atoms with Gasteiger partial charge in [0, 0.05) is 52.4 Å². The summed E-state index contributed by atoms with van der Waals surface area (Å²) in [6, 6.07) is 26.7. The maximum Gasteiger partial charge on any atom is 0.270 e. The van der Waals surface area contributed by atoms with Gasteiger partial charge in [0.15, 0.2) is 11.6 Å². The molecule has 0 bridgehead atoms. The fourth-order valence-electron chi connectivity index (χ4n) is 6.75. The Morgan fingerprint density at radius 3 is 1.84 bits per heavy atom. The van der Waals surface area contributed by atoms with E-state index < -0.39 is 5.92 Å². The third kappa shape index (κ3) is 5.66. The van der Waals surface area contributed by atoms with Crippen LogP contribution in [0.1, 0.15) is 80.8 Å². The van der Waals surface area contributed by atoms with E-state index in [1.54, 1.807) is 17.1 Å². The predicted octanol–water partition coefficient (Wildman–Crippen LogP) is 7.30. The minimum atomic E-state index is -0.575. The lowest BCUT2D eigenvalue weighted by Gasteiger charge is -2.48. The first-order valence-corrected chi connectivity index (χ1v) is 15.0. The summed E-state index contributed by atoms with van der Waals surface area (Å²) in [5.41, 5.74) is 7.52. The topological polar surface area (TPSA) is 75.7 Å². The van der Waals surface area contributed by atoms with Gasteiger partial charge < -0.3 is 4.74 Å². The van der Waals surface area contributed by atoms with Crippen LogP contribution in [0.15, 0.2) is 107 Å². The normalized spacial score (nSPS) is 19.6. The Kier molecular flexibility index (Phi) is 7.33. The summed E-state index contributed by atoms with van der Waals surface area (Å²) in [6.45, 7) is 8.69. The molecule has 1 N–H and O–H groups in total. The zero-order chi connectivity index (χ0) is 30.4. The molecule has 3 aliphatic rings. The molecule has 3 aromatic rings. The van der Waals surface area contributed by atoms with Crippen LogP contribution in [0.3, 0.4) is 0 Å². The van der Waals surface area contributed by atoms with Gasteiger partial charge in [-0.15, -0.1) is 0 Å². The van der Waals surface area contributed by atoms with Crippen LogP contribution in [-0.2, 0) is 16.2 Å². The summed E-state index contributed by atoms with van der Waals surface area (Å²) in [4.78, 5) is 41.9. The van der Waals surface area contributed by atoms with Crippen LogP contribution in [0.25, 0.3) is 0 Å². The number of hydrogen-bond acceptors (Lipinski definition) is 5. The molecule has 43 heavy (non-hydrogen) atoms. The average Bonchev–Trinajstić information content (AvgIpc) is 2.96. The van der Waals surface area contributed by atoms with E-state index in [1.165, 1.54) is 0 Å². The number of ketones is 2. The molecular formula is C37H38N2O4. The summed E-state index contributed by atoms with van der Waals surface area (Å²) < 4.78 is 6.39. The largest absolute Gasteiger partial charge is 0.489 e. The van der Waals surface area contributed by atoms with Crippen LogP contribution < -0.4 is 10.2 Å². The lowest BCUT2D eigenvalue weighted by Crippen LogP contribution is -2.50. The second-order valence-electron chi connectivity index (χ2n) is 13.5. The molecule has 0 atom stereocenters. The number of allylic oxidation sites excluding steroid dienone is 4. The Bertz CT molecular complexity index is 1600. The highest BCUT2D eigenvalue weighted by Crippen LogP contribution is 2.55. The van der Waals surface area contributed by atoms with Gasteiger partial charge in [-0.2, -0.15) is 0 Å². The van der Waals surface area contributed by atoms with Crippen molar-refractivity contribution in [2.45, 2.75) is 65.9 Å². The molecule has 1 amide bonds. The molecular weight excluding hydrogens is 536 g/mol. The maximum absolute atomic E-state index is 14.2. The number of amides is 1. The van der Waals surface area contributed by atoms with Crippen molar-refractivity contribution in [3.63, 3.8) is 0 Å². The summed E-state index contributed by atoms with van der Waals surface area (Å²) in [7, 11) is 0. The molecule has 3 aromatic carbocycles. The Balaban J connectivity index is 1.52. The number of hydrazine groups is 1. The van der Waals surface area contributed by atoms with Gasteiger partial charge in [0.2, 0.25) is 0 Å². The highest BCUT2D eigenvalue weighted by molar-refractivity contribution is 6.07. The summed E-state index contributed by atoms with van der Waals surface area (Å²) in [5, 5.41) is 1.79. The van der Waals surface area contributed by atoms with Crippen LogP contribution in [0.5, 0.6) is 5.75 Å². The molecule has 0 fully saturated rings. The van der Waals surface area contributed by atoms with Crippen LogP contribution >= 0.6 is 0 Å². The minimum absolute atomic E-state index is 0.00254. The van der Waals surface area contributed by atoms with Crippen LogP contribution in [-0.4, -0.2) is 22.5 Å². The van der Waals surface area contributed by atoms with E-state index in [9.17, 15) is 14.4 Å². The third-order valence-corrected chi connectivity index (χ3v) is 8.63. The zero-order valence-electron chi connectivity index (χ0n) is 25.3. The van der Waals surface area contributed by atoms with E-state index in [-0.39, 0.29) is 28.3 Å². The van der Waals surface area contributed by atoms with Crippen molar-refractivity contribution < 1.29 is 19.1 Å². The van der Waals surface area contributed by atoms with Crippen molar-refractivity contribution in [2.24, 2.45) is 10.8 Å². The molecule has 220 valence electrons. The second-order valence-corrected chi connectivity index (χ2v) is 13.5. The minimum Gasteiger partial charge on any atom is -0.489 e.